The Bertz CT molecular complexity index is 423. The van der Waals surface area contributed by atoms with Crippen molar-refractivity contribution in [2.75, 3.05) is 13.7 Å². The lowest BCUT2D eigenvalue weighted by Crippen LogP contribution is -2.19. The van der Waals surface area contributed by atoms with Crippen molar-refractivity contribution >= 4 is 11.8 Å². The Kier molecular flexibility index (Phi) is 2.41. The van der Waals surface area contributed by atoms with Gasteiger partial charge in [0.2, 0.25) is 0 Å². The molecule has 0 atom stereocenters. The fraction of sp³-hybridized carbons (Fsp3) is 0.273. The standard InChI is InChI=1S/C11H10O4/c1-14-11(13)7-3-2-4-9-10(7)8(12)5-6-15-9/h2-4H,5-6H2,1H3. The molecular weight excluding hydrogens is 196 g/mol. The number of carbonyl (C=O) groups is 2. The highest BCUT2D eigenvalue weighted by Crippen LogP contribution is 2.27. The normalized spacial score (nSPS) is 14.1. The SMILES string of the molecule is COC(=O)c1cccc2c1C(=O)CCO2. The highest BCUT2D eigenvalue weighted by Gasteiger charge is 2.25. The molecule has 0 unspecified atom stereocenters. The minimum absolute atomic E-state index is 0.0720. The summed E-state index contributed by atoms with van der Waals surface area (Å²) in [7, 11) is 1.29. The molecule has 1 aliphatic heterocycles. The van der Waals surface area contributed by atoms with Crippen LogP contribution in [0.5, 0.6) is 5.75 Å². The van der Waals surface area contributed by atoms with E-state index in [4.69, 9.17) is 4.74 Å². The van der Waals surface area contributed by atoms with Gasteiger partial charge >= 0.3 is 5.97 Å². The smallest absolute Gasteiger partial charge is 0.338 e. The second-order valence-corrected chi connectivity index (χ2v) is 3.19. The van der Waals surface area contributed by atoms with Crippen LogP contribution in [0.2, 0.25) is 0 Å². The molecule has 1 aromatic carbocycles. The van der Waals surface area contributed by atoms with Crippen LogP contribution in [-0.4, -0.2) is 25.5 Å². The molecular formula is C11H10O4. The maximum atomic E-state index is 11.6. The summed E-state index contributed by atoms with van der Waals surface area (Å²) in [6.45, 7) is 0.371. The minimum atomic E-state index is -0.509. The summed E-state index contributed by atoms with van der Waals surface area (Å²) in [5, 5.41) is 0. The fourth-order valence-corrected chi connectivity index (χ4v) is 1.60. The molecule has 0 amide bonds. The van der Waals surface area contributed by atoms with Gasteiger partial charge in [0.25, 0.3) is 0 Å². The lowest BCUT2D eigenvalue weighted by Gasteiger charge is -2.17. The van der Waals surface area contributed by atoms with Crippen molar-refractivity contribution in [1.82, 2.24) is 0 Å². The molecule has 0 fully saturated rings. The van der Waals surface area contributed by atoms with Crippen LogP contribution in [0, 0.1) is 0 Å². The first-order valence-corrected chi connectivity index (χ1v) is 4.61. The molecule has 1 aliphatic rings. The van der Waals surface area contributed by atoms with E-state index in [0.29, 0.717) is 24.3 Å². The van der Waals surface area contributed by atoms with Gasteiger partial charge in [0, 0.05) is 6.42 Å². The number of ether oxygens (including phenoxy) is 2. The van der Waals surface area contributed by atoms with Crippen molar-refractivity contribution in [1.29, 1.82) is 0 Å². The van der Waals surface area contributed by atoms with Gasteiger partial charge in [-0.3, -0.25) is 4.79 Å². The summed E-state index contributed by atoms with van der Waals surface area (Å²) in [4.78, 5) is 23.0. The first-order valence-electron chi connectivity index (χ1n) is 4.61. The Balaban J connectivity index is 2.56. The number of methoxy groups -OCH3 is 1. The summed E-state index contributed by atoms with van der Waals surface area (Å²) in [6, 6.07) is 4.92. The zero-order valence-corrected chi connectivity index (χ0v) is 8.28. The molecule has 0 spiro atoms. The van der Waals surface area contributed by atoms with Crippen LogP contribution >= 0.6 is 0 Å². The van der Waals surface area contributed by atoms with Crippen molar-refractivity contribution in [3.63, 3.8) is 0 Å². The molecule has 4 heteroatoms. The van der Waals surface area contributed by atoms with Crippen LogP contribution in [0.1, 0.15) is 27.1 Å². The van der Waals surface area contributed by atoms with Crippen molar-refractivity contribution in [2.45, 2.75) is 6.42 Å². The zero-order chi connectivity index (χ0) is 10.8. The van der Waals surface area contributed by atoms with Gasteiger partial charge in [0.1, 0.15) is 5.75 Å². The maximum absolute atomic E-state index is 11.6. The van der Waals surface area contributed by atoms with E-state index >= 15 is 0 Å². The summed E-state index contributed by atoms with van der Waals surface area (Å²) in [6.07, 6.45) is 0.307. The quantitative estimate of drug-likeness (QED) is 0.652. The third-order valence-corrected chi connectivity index (χ3v) is 2.30. The van der Waals surface area contributed by atoms with Crippen molar-refractivity contribution in [3.8, 4) is 5.75 Å². The molecule has 1 heterocycles. The highest BCUT2D eigenvalue weighted by molar-refractivity contribution is 6.08. The van der Waals surface area contributed by atoms with Gasteiger partial charge < -0.3 is 9.47 Å². The van der Waals surface area contributed by atoms with Gasteiger partial charge in [0.15, 0.2) is 5.78 Å². The monoisotopic (exact) mass is 206 g/mol. The zero-order valence-electron chi connectivity index (χ0n) is 8.28. The van der Waals surface area contributed by atoms with E-state index in [0.717, 1.165) is 0 Å². The highest BCUT2D eigenvalue weighted by atomic mass is 16.5. The number of rotatable bonds is 1. The number of fused-ring (bicyclic) bond motifs is 1. The number of carbonyl (C=O) groups excluding carboxylic acids is 2. The van der Waals surface area contributed by atoms with E-state index in [9.17, 15) is 9.59 Å². The molecule has 2 rings (SSSR count). The molecule has 0 aromatic heterocycles. The fourth-order valence-electron chi connectivity index (χ4n) is 1.60. The molecule has 1 aromatic rings. The van der Waals surface area contributed by atoms with E-state index in [-0.39, 0.29) is 11.3 Å². The van der Waals surface area contributed by atoms with E-state index in [1.807, 2.05) is 0 Å². The van der Waals surface area contributed by atoms with Gasteiger partial charge in [-0.2, -0.15) is 0 Å². The predicted octanol–water partition coefficient (Wildman–Crippen LogP) is 1.44. The van der Waals surface area contributed by atoms with Crippen LogP contribution in [0.15, 0.2) is 18.2 Å². The van der Waals surface area contributed by atoms with Crippen LogP contribution in [0.4, 0.5) is 0 Å². The summed E-state index contributed by atoms with van der Waals surface area (Å²) >= 11 is 0. The topological polar surface area (TPSA) is 52.6 Å². The molecule has 15 heavy (non-hydrogen) atoms. The second kappa shape index (κ2) is 3.73. The largest absolute Gasteiger partial charge is 0.492 e. The first-order chi connectivity index (χ1) is 7.24. The molecule has 4 nitrogen and oxygen atoms in total. The molecule has 0 N–H and O–H groups in total. The van der Waals surface area contributed by atoms with Crippen molar-refractivity contribution < 1.29 is 19.1 Å². The number of hydrogen-bond acceptors (Lipinski definition) is 4. The van der Waals surface area contributed by atoms with Crippen LogP contribution in [0.25, 0.3) is 0 Å². The molecule has 0 radical (unpaired) electrons. The van der Waals surface area contributed by atoms with Gasteiger partial charge in [-0.05, 0) is 12.1 Å². The molecule has 0 aliphatic carbocycles. The summed E-state index contributed by atoms with van der Waals surface area (Å²) in [5.41, 5.74) is 0.621. The van der Waals surface area contributed by atoms with Crippen LogP contribution in [-0.2, 0) is 4.74 Å². The lowest BCUT2D eigenvalue weighted by atomic mass is 9.99. The molecule has 0 saturated heterocycles. The predicted molar refractivity (Wildman–Crippen MR) is 52.2 cm³/mol. The van der Waals surface area contributed by atoms with E-state index < -0.39 is 5.97 Å². The first kappa shape index (κ1) is 9.71. The van der Waals surface area contributed by atoms with Crippen molar-refractivity contribution in [2.24, 2.45) is 0 Å². The number of ketones is 1. The average Bonchev–Trinajstić information content (AvgIpc) is 2.28. The van der Waals surface area contributed by atoms with Gasteiger partial charge in [0.05, 0.1) is 24.8 Å². The minimum Gasteiger partial charge on any atom is -0.492 e. The van der Waals surface area contributed by atoms with Gasteiger partial charge in [-0.15, -0.1) is 0 Å². The number of hydrogen-bond donors (Lipinski definition) is 0. The van der Waals surface area contributed by atoms with Crippen LogP contribution < -0.4 is 4.74 Å². The molecule has 0 bridgehead atoms. The summed E-state index contributed by atoms with van der Waals surface area (Å²) < 4.78 is 9.90. The molecule has 78 valence electrons. The van der Waals surface area contributed by atoms with Gasteiger partial charge in [-0.25, -0.2) is 4.79 Å². The third kappa shape index (κ3) is 1.58. The summed E-state index contributed by atoms with van der Waals surface area (Å²) in [5.74, 6) is -0.114. The Hall–Kier alpha value is -1.84. The average molecular weight is 206 g/mol. The number of benzene rings is 1. The van der Waals surface area contributed by atoms with Crippen molar-refractivity contribution in [3.05, 3.63) is 29.3 Å². The third-order valence-electron chi connectivity index (χ3n) is 2.30. The lowest BCUT2D eigenvalue weighted by molar-refractivity contribution is 0.0594. The number of Topliss-reactive ketones (excluding diaryl/α,β-unsaturated/α-hetero) is 1. The Morgan fingerprint density at radius 1 is 1.47 bits per heavy atom. The second-order valence-electron chi connectivity index (χ2n) is 3.19. The Morgan fingerprint density at radius 2 is 2.27 bits per heavy atom. The van der Waals surface area contributed by atoms with E-state index in [1.165, 1.54) is 7.11 Å². The van der Waals surface area contributed by atoms with E-state index in [2.05, 4.69) is 4.74 Å². The van der Waals surface area contributed by atoms with E-state index in [1.54, 1.807) is 18.2 Å². The Morgan fingerprint density at radius 3 is 3.00 bits per heavy atom. The Labute approximate surface area is 86.8 Å². The maximum Gasteiger partial charge on any atom is 0.338 e. The van der Waals surface area contributed by atoms with Gasteiger partial charge in [-0.1, -0.05) is 6.07 Å². The number of esters is 1. The molecule has 0 saturated carbocycles. The van der Waals surface area contributed by atoms with Crippen LogP contribution in [0.3, 0.4) is 0 Å².